The van der Waals surface area contributed by atoms with Crippen LogP contribution >= 0.6 is 11.6 Å². The van der Waals surface area contributed by atoms with Gasteiger partial charge in [-0.3, -0.25) is 4.79 Å². The van der Waals surface area contributed by atoms with Crippen LogP contribution in [-0.2, 0) is 16.0 Å². The summed E-state index contributed by atoms with van der Waals surface area (Å²) in [4.78, 5) is 11.6. The van der Waals surface area contributed by atoms with E-state index in [1.807, 2.05) is 20.8 Å². The molecule has 4 heteroatoms. The fourth-order valence-corrected chi connectivity index (χ4v) is 1.46. The van der Waals surface area contributed by atoms with Gasteiger partial charge in [-0.1, -0.05) is 23.7 Å². The second-order valence-electron chi connectivity index (χ2n) is 4.58. The fraction of sp³-hybridized carbons (Fsp3) is 0.417. The molecule has 1 rings (SSSR count). The van der Waals surface area contributed by atoms with Gasteiger partial charge in [0.15, 0.2) is 0 Å². The normalized spacial score (nSPS) is 11.2. The lowest BCUT2D eigenvalue weighted by Crippen LogP contribution is -2.25. The van der Waals surface area contributed by atoms with Crippen molar-refractivity contribution in [3.63, 3.8) is 0 Å². The van der Waals surface area contributed by atoms with Crippen LogP contribution < -0.4 is 5.73 Å². The van der Waals surface area contributed by atoms with Gasteiger partial charge in [-0.25, -0.2) is 0 Å². The molecule has 0 aliphatic heterocycles. The van der Waals surface area contributed by atoms with Crippen LogP contribution in [0.2, 0.25) is 5.02 Å². The molecule has 0 aromatic heterocycles. The summed E-state index contributed by atoms with van der Waals surface area (Å²) >= 11 is 5.98. The highest BCUT2D eigenvalue weighted by atomic mass is 35.5. The van der Waals surface area contributed by atoms with Gasteiger partial charge in [0.05, 0.1) is 17.1 Å². The number of carbonyl (C=O) groups is 1. The SMILES string of the molecule is CC(C)(C)OC(=O)Cc1cccc(N)c1Cl. The molecule has 0 bridgehead atoms. The van der Waals surface area contributed by atoms with Crippen molar-refractivity contribution in [2.24, 2.45) is 0 Å². The van der Waals surface area contributed by atoms with Crippen molar-refractivity contribution >= 4 is 23.3 Å². The lowest BCUT2D eigenvalue weighted by atomic mass is 10.1. The number of esters is 1. The molecule has 2 N–H and O–H groups in total. The number of ether oxygens (including phenoxy) is 1. The summed E-state index contributed by atoms with van der Waals surface area (Å²) in [5, 5.41) is 0.424. The standard InChI is InChI=1S/C12H16ClNO2/c1-12(2,3)16-10(15)7-8-5-4-6-9(14)11(8)13/h4-6H,7,14H2,1-3H3. The van der Waals surface area contributed by atoms with Gasteiger partial charge in [-0.2, -0.15) is 0 Å². The molecule has 0 atom stereocenters. The van der Waals surface area contributed by atoms with Gasteiger partial charge in [-0.15, -0.1) is 0 Å². The van der Waals surface area contributed by atoms with E-state index in [2.05, 4.69) is 0 Å². The highest BCUT2D eigenvalue weighted by Gasteiger charge is 2.17. The third-order valence-corrected chi connectivity index (χ3v) is 2.32. The maximum Gasteiger partial charge on any atom is 0.310 e. The maximum atomic E-state index is 11.6. The minimum Gasteiger partial charge on any atom is -0.460 e. The van der Waals surface area contributed by atoms with E-state index in [-0.39, 0.29) is 12.4 Å². The third-order valence-electron chi connectivity index (χ3n) is 1.86. The van der Waals surface area contributed by atoms with Crippen molar-refractivity contribution in [2.75, 3.05) is 5.73 Å². The second kappa shape index (κ2) is 4.74. The van der Waals surface area contributed by atoms with Gasteiger partial charge in [-0.05, 0) is 32.4 Å². The molecule has 0 saturated carbocycles. The Morgan fingerprint density at radius 1 is 1.44 bits per heavy atom. The van der Waals surface area contributed by atoms with E-state index in [4.69, 9.17) is 22.1 Å². The zero-order valence-corrected chi connectivity index (χ0v) is 10.5. The number of carbonyl (C=O) groups excluding carboxylic acids is 1. The number of rotatable bonds is 2. The zero-order chi connectivity index (χ0) is 12.3. The van der Waals surface area contributed by atoms with Crippen LogP contribution in [0.5, 0.6) is 0 Å². The Bertz CT molecular complexity index is 396. The summed E-state index contributed by atoms with van der Waals surface area (Å²) < 4.78 is 5.20. The largest absolute Gasteiger partial charge is 0.460 e. The number of anilines is 1. The van der Waals surface area contributed by atoms with Gasteiger partial charge in [0.25, 0.3) is 0 Å². The molecule has 0 aliphatic carbocycles. The van der Waals surface area contributed by atoms with Crippen LogP contribution in [-0.4, -0.2) is 11.6 Å². The van der Waals surface area contributed by atoms with Crippen molar-refractivity contribution in [3.05, 3.63) is 28.8 Å². The van der Waals surface area contributed by atoms with Crippen molar-refractivity contribution in [1.82, 2.24) is 0 Å². The van der Waals surface area contributed by atoms with E-state index in [1.165, 1.54) is 0 Å². The molecule has 0 aliphatic rings. The molecule has 0 fully saturated rings. The molecular weight excluding hydrogens is 226 g/mol. The molecule has 0 amide bonds. The lowest BCUT2D eigenvalue weighted by molar-refractivity contribution is -0.153. The van der Waals surface area contributed by atoms with E-state index < -0.39 is 5.60 Å². The van der Waals surface area contributed by atoms with E-state index in [1.54, 1.807) is 18.2 Å². The Kier molecular flexibility index (Phi) is 3.81. The number of benzene rings is 1. The summed E-state index contributed by atoms with van der Waals surface area (Å²) in [7, 11) is 0. The van der Waals surface area contributed by atoms with Gasteiger partial charge in [0, 0.05) is 0 Å². The van der Waals surface area contributed by atoms with E-state index in [0.717, 1.165) is 0 Å². The Morgan fingerprint density at radius 2 is 2.06 bits per heavy atom. The average molecular weight is 242 g/mol. The molecule has 0 saturated heterocycles. The predicted molar refractivity (Wildman–Crippen MR) is 65.4 cm³/mol. The Morgan fingerprint density at radius 3 is 2.62 bits per heavy atom. The Hall–Kier alpha value is -1.22. The first-order valence-electron chi connectivity index (χ1n) is 5.04. The summed E-state index contributed by atoms with van der Waals surface area (Å²) in [6.45, 7) is 5.48. The molecular formula is C12H16ClNO2. The first kappa shape index (κ1) is 12.8. The molecule has 16 heavy (non-hydrogen) atoms. The molecule has 0 radical (unpaired) electrons. The quantitative estimate of drug-likeness (QED) is 0.640. The number of hydrogen-bond acceptors (Lipinski definition) is 3. The summed E-state index contributed by atoms with van der Waals surface area (Å²) in [5.74, 6) is -0.306. The fourth-order valence-electron chi connectivity index (χ4n) is 1.27. The van der Waals surface area contributed by atoms with Crippen molar-refractivity contribution < 1.29 is 9.53 Å². The first-order valence-corrected chi connectivity index (χ1v) is 5.42. The summed E-state index contributed by atoms with van der Waals surface area (Å²) in [6.07, 6.45) is 0.140. The van der Waals surface area contributed by atoms with Gasteiger partial charge < -0.3 is 10.5 Å². The summed E-state index contributed by atoms with van der Waals surface area (Å²) in [5.41, 5.74) is 6.32. The minimum atomic E-state index is -0.482. The lowest BCUT2D eigenvalue weighted by Gasteiger charge is -2.19. The topological polar surface area (TPSA) is 52.3 Å². The number of nitrogen functional groups attached to an aromatic ring is 1. The monoisotopic (exact) mass is 241 g/mol. The average Bonchev–Trinajstić information content (AvgIpc) is 2.09. The van der Waals surface area contributed by atoms with Crippen LogP contribution in [0, 0.1) is 0 Å². The van der Waals surface area contributed by atoms with Crippen LogP contribution in [0.15, 0.2) is 18.2 Å². The van der Waals surface area contributed by atoms with Crippen molar-refractivity contribution in [3.8, 4) is 0 Å². The molecule has 88 valence electrons. The van der Waals surface area contributed by atoms with E-state index in [9.17, 15) is 4.79 Å². The highest BCUT2D eigenvalue weighted by molar-refractivity contribution is 6.34. The van der Waals surface area contributed by atoms with Crippen LogP contribution in [0.3, 0.4) is 0 Å². The molecule has 3 nitrogen and oxygen atoms in total. The summed E-state index contributed by atoms with van der Waals surface area (Å²) in [6, 6.07) is 5.23. The van der Waals surface area contributed by atoms with E-state index in [0.29, 0.717) is 16.3 Å². The Labute approximate surface area is 101 Å². The first-order chi connectivity index (χ1) is 7.29. The van der Waals surface area contributed by atoms with Crippen LogP contribution in [0.4, 0.5) is 5.69 Å². The molecule has 1 aromatic carbocycles. The van der Waals surface area contributed by atoms with E-state index >= 15 is 0 Å². The third kappa shape index (κ3) is 3.74. The van der Waals surface area contributed by atoms with Crippen LogP contribution in [0.1, 0.15) is 26.3 Å². The van der Waals surface area contributed by atoms with Crippen molar-refractivity contribution in [1.29, 1.82) is 0 Å². The molecule has 0 unspecified atom stereocenters. The smallest absolute Gasteiger partial charge is 0.310 e. The van der Waals surface area contributed by atoms with Crippen molar-refractivity contribution in [2.45, 2.75) is 32.8 Å². The molecule has 1 aromatic rings. The minimum absolute atomic E-state index is 0.140. The number of halogens is 1. The zero-order valence-electron chi connectivity index (χ0n) is 9.71. The van der Waals surface area contributed by atoms with Gasteiger partial charge in [0.2, 0.25) is 0 Å². The molecule has 0 heterocycles. The Balaban J connectivity index is 2.74. The van der Waals surface area contributed by atoms with Gasteiger partial charge >= 0.3 is 5.97 Å². The maximum absolute atomic E-state index is 11.6. The number of nitrogens with two attached hydrogens (primary N) is 1. The van der Waals surface area contributed by atoms with Gasteiger partial charge in [0.1, 0.15) is 5.60 Å². The molecule has 0 spiro atoms. The predicted octanol–water partition coefficient (Wildman–Crippen LogP) is 2.81. The van der Waals surface area contributed by atoms with Crippen LogP contribution in [0.25, 0.3) is 0 Å². The highest BCUT2D eigenvalue weighted by Crippen LogP contribution is 2.24. The number of hydrogen-bond donors (Lipinski definition) is 1. The second-order valence-corrected chi connectivity index (χ2v) is 4.96.